The molecule has 0 aromatic carbocycles. The number of nitrogens with zero attached hydrogens (tertiary/aromatic N) is 4. The number of aromatic nitrogens is 2. The second kappa shape index (κ2) is 10.5. The van der Waals surface area contributed by atoms with Gasteiger partial charge in [0.15, 0.2) is 5.96 Å². The number of methoxy groups -OCH3 is 1. The first kappa shape index (κ1) is 24.0. The number of furan rings is 1. The summed E-state index contributed by atoms with van der Waals surface area (Å²) in [6, 6.07) is 1.69. The molecule has 2 heterocycles. The maximum absolute atomic E-state index is 11.7. The van der Waals surface area contributed by atoms with Crippen LogP contribution in [-0.4, -0.2) is 47.8 Å². The lowest BCUT2D eigenvalue weighted by Gasteiger charge is -2.22. The highest BCUT2D eigenvalue weighted by atomic mass is 127. The third kappa shape index (κ3) is 5.73. The molecule has 0 bridgehead atoms. The third-order valence-electron chi connectivity index (χ3n) is 4.26. The molecule has 0 aliphatic rings. The summed E-state index contributed by atoms with van der Waals surface area (Å²) >= 11 is 0. The monoisotopic (exact) mass is 503 g/mol. The Morgan fingerprint density at radius 1 is 1.46 bits per heavy atom. The third-order valence-corrected chi connectivity index (χ3v) is 4.26. The molecular weight excluding hydrogens is 473 g/mol. The van der Waals surface area contributed by atoms with Crippen LogP contribution >= 0.6 is 24.0 Å². The van der Waals surface area contributed by atoms with Gasteiger partial charge in [0.25, 0.3) is 0 Å². The van der Waals surface area contributed by atoms with Gasteiger partial charge in [0.05, 0.1) is 19.3 Å². The number of halogens is 1. The zero-order chi connectivity index (χ0) is 20.1. The molecule has 2 rings (SSSR count). The van der Waals surface area contributed by atoms with Crippen LogP contribution in [-0.2, 0) is 24.9 Å². The summed E-state index contributed by atoms with van der Waals surface area (Å²) in [6.45, 7) is 7.12. The van der Waals surface area contributed by atoms with Gasteiger partial charge >= 0.3 is 5.97 Å². The predicted octanol–water partition coefficient (Wildman–Crippen LogP) is 3.06. The van der Waals surface area contributed by atoms with Crippen molar-refractivity contribution in [3.63, 3.8) is 0 Å². The smallest absolute Gasteiger partial charge is 0.341 e. The van der Waals surface area contributed by atoms with E-state index in [1.54, 1.807) is 20.0 Å². The zero-order valence-electron chi connectivity index (χ0n) is 17.6. The Morgan fingerprint density at radius 2 is 2.14 bits per heavy atom. The lowest BCUT2D eigenvalue weighted by molar-refractivity contribution is 0.0599. The number of hydrogen-bond acceptors (Lipinski definition) is 5. The van der Waals surface area contributed by atoms with E-state index >= 15 is 0 Å². The molecule has 0 aliphatic heterocycles. The first-order chi connectivity index (χ1) is 12.8. The lowest BCUT2D eigenvalue weighted by atomic mass is 10.1. The van der Waals surface area contributed by atoms with E-state index in [0.29, 0.717) is 36.1 Å². The van der Waals surface area contributed by atoms with Crippen LogP contribution in [0.2, 0.25) is 0 Å². The van der Waals surface area contributed by atoms with Crippen LogP contribution in [0.5, 0.6) is 0 Å². The Labute approximate surface area is 183 Å². The van der Waals surface area contributed by atoms with Crippen LogP contribution in [0.25, 0.3) is 0 Å². The van der Waals surface area contributed by atoms with E-state index in [-0.39, 0.29) is 24.0 Å². The Morgan fingerprint density at radius 3 is 2.71 bits per heavy atom. The minimum atomic E-state index is -0.401. The summed E-state index contributed by atoms with van der Waals surface area (Å²) in [5, 5.41) is 7.81. The normalized spacial score (nSPS) is 11.4. The van der Waals surface area contributed by atoms with Crippen LogP contribution in [0.4, 0.5) is 0 Å². The molecule has 9 heteroatoms. The molecule has 0 spiro atoms. The molecule has 0 aliphatic carbocycles. The number of carbonyl (C=O) groups excluding carboxylic acids is 1. The average molecular weight is 503 g/mol. The maximum atomic E-state index is 11.7. The van der Waals surface area contributed by atoms with Crippen molar-refractivity contribution >= 4 is 35.9 Å². The number of aliphatic imine (C=N–C) groups is 1. The fourth-order valence-electron chi connectivity index (χ4n) is 2.99. The molecule has 2 aromatic heterocycles. The molecule has 2 aromatic rings. The van der Waals surface area contributed by atoms with Crippen molar-refractivity contribution in [1.82, 2.24) is 20.0 Å². The van der Waals surface area contributed by atoms with Gasteiger partial charge in [-0.2, -0.15) is 5.10 Å². The average Bonchev–Trinajstić information content (AvgIpc) is 3.17. The molecule has 0 unspecified atom stereocenters. The number of hydrogen-bond donors (Lipinski definition) is 1. The van der Waals surface area contributed by atoms with Crippen molar-refractivity contribution in [3.8, 4) is 0 Å². The van der Waals surface area contributed by atoms with Crippen molar-refractivity contribution in [2.45, 2.75) is 39.8 Å². The number of guanidine groups is 1. The molecule has 0 atom stereocenters. The van der Waals surface area contributed by atoms with Crippen LogP contribution in [0.3, 0.4) is 0 Å². The number of aryl methyl sites for hydroxylation is 2. The quantitative estimate of drug-likeness (QED) is 0.283. The van der Waals surface area contributed by atoms with Crippen molar-refractivity contribution in [1.29, 1.82) is 0 Å². The Bertz CT molecular complexity index is 826. The summed E-state index contributed by atoms with van der Waals surface area (Å²) in [7, 11) is 6.99. The first-order valence-electron chi connectivity index (χ1n) is 8.88. The second-order valence-corrected chi connectivity index (χ2v) is 6.80. The van der Waals surface area contributed by atoms with Gasteiger partial charge in [-0.3, -0.25) is 9.67 Å². The van der Waals surface area contributed by atoms with Crippen molar-refractivity contribution in [2.24, 2.45) is 12.0 Å². The first-order valence-corrected chi connectivity index (χ1v) is 8.88. The second-order valence-electron chi connectivity index (χ2n) is 6.80. The van der Waals surface area contributed by atoms with Gasteiger partial charge < -0.3 is 19.4 Å². The van der Waals surface area contributed by atoms with Crippen molar-refractivity contribution in [3.05, 3.63) is 40.6 Å². The lowest BCUT2D eigenvalue weighted by Crippen LogP contribution is -2.38. The minimum absolute atomic E-state index is 0. The van der Waals surface area contributed by atoms with Crippen LogP contribution in [0.15, 0.2) is 21.7 Å². The van der Waals surface area contributed by atoms with E-state index in [1.165, 1.54) is 12.7 Å². The van der Waals surface area contributed by atoms with E-state index in [2.05, 4.69) is 29.3 Å². The minimum Gasteiger partial charge on any atom is -0.465 e. The number of carbonyl (C=O) groups is 1. The zero-order valence-corrected chi connectivity index (χ0v) is 19.9. The van der Waals surface area contributed by atoms with Crippen molar-refractivity contribution in [2.75, 3.05) is 21.2 Å². The van der Waals surface area contributed by atoms with Crippen LogP contribution in [0, 0.1) is 6.92 Å². The molecule has 0 fully saturated rings. The van der Waals surface area contributed by atoms with Crippen LogP contribution < -0.4 is 5.32 Å². The van der Waals surface area contributed by atoms with Gasteiger partial charge in [-0.25, -0.2) is 4.79 Å². The highest BCUT2D eigenvalue weighted by molar-refractivity contribution is 14.0. The molecule has 0 radical (unpaired) electrons. The number of ether oxygens (including phenoxy) is 1. The SMILES string of the molecule is CN=C(NCc1cc(C(=O)OC)c(C)o1)N(C)Cc1cn(C)nc1C(C)C.I. The summed E-state index contributed by atoms with van der Waals surface area (Å²) in [6.07, 6.45) is 2.04. The molecule has 8 nitrogen and oxygen atoms in total. The van der Waals surface area contributed by atoms with Gasteiger partial charge in [0.1, 0.15) is 17.1 Å². The fourth-order valence-corrected chi connectivity index (χ4v) is 2.99. The van der Waals surface area contributed by atoms with E-state index in [4.69, 9.17) is 9.15 Å². The molecule has 0 saturated carbocycles. The largest absolute Gasteiger partial charge is 0.465 e. The Balaban J connectivity index is 0.00000392. The van der Waals surface area contributed by atoms with E-state index < -0.39 is 5.97 Å². The summed E-state index contributed by atoms with van der Waals surface area (Å²) in [5.41, 5.74) is 2.69. The Hall–Kier alpha value is -2.04. The van der Waals surface area contributed by atoms with E-state index in [1.807, 2.05) is 29.9 Å². The highest BCUT2D eigenvalue weighted by Crippen LogP contribution is 2.19. The summed E-state index contributed by atoms with van der Waals surface area (Å²) in [4.78, 5) is 18.1. The molecule has 28 heavy (non-hydrogen) atoms. The molecule has 0 saturated heterocycles. The maximum Gasteiger partial charge on any atom is 0.341 e. The van der Waals surface area contributed by atoms with E-state index in [9.17, 15) is 4.79 Å². The summed E-state index contributed by atoms with van der Waals surface area (Å²) in [5.74, 6) is 1.86. The Kier molecular flexibility index (Phi) is 8.99. The molecule has 0 amide bonds. The van der Waals surface area contributed by atoms with Gasteiger partial charge in [0.2, 0.25) is 0 Å². The molecular formula is C19H30IN5O3. The molecule has 1 N–H and O–H groups in total. The van der Waals surface area contributed by atoms with Gasteiger partial charge in [0, 0.05) is 39.4 Å². The number of nitrogens with one attached hydrogen (secondary N) is 1. The topological polar surface area (TPSA) is 84.9 Å². The molecule has 156 valence electrons. The number of rotatable bonds is 6. The number of esters is 1. The predicted molar refractivity (Wildman–Crippen MR) is 119 cm³/mol. The summed E-state index contributed by atoms with van der Waals surface area (Å²) < 4.78 is 12.2. The van der Waals surface area contributed by atoms with Gasteiger partial charge in [-0.15, -0.1) is 24.0 Å². The van der Waals surface area contributed by atoms with Gasteiger partial charge in [-0.05, 0) is 18.9 Å². The standard InChI is InChI=1S/C19H29N5O3.HI/c1-12(2)17-14(11-24(6)22-17)10-23(5)19(20-4)21-9-15-8-16(13(3)27-15)18(25)26-7;/h8,11-12H,9-10H2,1-7H3,(H,20,21);1H. The highest BCUT2D eigenvalue weighted by Gasteiger charge is 2.17. The fraction of sp³-hybridized carbons (Fsp3) is 0.526. The van der Waals surface area contributed by atoms with Crippen molar-refractivity contribution < 1.29 is 13.9 Å². The van der Waals surface area contributed by atoms with Crippen LogP contribution in [0.1, 0.15) is 52.9 Å². The van der Waals surface area contributed by atoms with Gasteiger partial charge in [-0.1, -0.05) is 13.8 Å². The van der Waals surface area contributed by atoms with E-state index in [0.717, 1.165) is 11.7 Å².